The third-order valence-corrected chi connectivity index (χ3v) is 5.50. The van der Waals surface area contributed by atoms with E-state index < -0.39 is 0 Å². The maximum absolute atomic E-state index is 6.14. The molecule has 1 aliphatic heterocycles. The van der Waals surface area contributed by atoms with E-state index in [1.807, 2.05) is 6.07 Å². The van der Waals surface area contributed by atoms with Crippen LogP contribution in [0, 0.1) is 12.8 Å². The van der Waals surface area contributed by atoms with Crippen molar-refractivity contribution < 1.29 is 0 Å². The molecule has 3 heteroatoms. The van der Waals surface area contributed by atoms with Crippen LogP contribution >= 0.6 is 11.6 Å². The topological polar surface area (TPSA) is 29.3 Å². The molecule has 2 N–H and O–H groups in total. The van der Waals surface area contributed by atoms with E-state index in [1.54, 1.807) is 0 Å². The van der Waals surface area contributed by atoms with Crippen molar-refractivity contribution in [3.05, 3.63) is 34.3 Å². The van der Waals surface area contributed by atoms with Crippen molar-refractivity contribution in [1.29, 1.82) is 0 Å². The lowest BCUT2D eigenvalue weighted by atomic mass is 9.84. The lowest BCUT2D eigenvalue weighted by molar-refractivity contribution is 0.135. The molecule has 0 bridgehead atoms. The van der Waals surface area contributed by atoms with Gasteiger partial charge < -0.3 is 5.73 Å². The number of nitrogens with zero attached hydrogens (tertiary/aromatic N) is 1. The molecule has 0 amide bonds. The van der Waals surface area contributed by atoms with Gasteiger partial charge in [-0.1, -0.05) is 30.5 Å². The molecule has 1 heterocycles. The fourth-order valence-corrected chi connectivity index (χ4v) is 4.51. The summed E-state index contributed by atoms with van der Waals surface area (Å²) in [6.07, 6.45) is 6.93. The highest BCUT2D eigenvalue weighted by Crippen LogP contribution is 2.41. The molecule has 110 valence electrons. The van der Waals surface area contributed by atoms with Gasteiger partial charge >= 0.3 is 0 Å². The van der Waals surface area contributed by atoms with Crippen molar-refractivity contribution in [3.63, 3.8) is 0 Å². The van der Waals surface area contributed by atoms with E-state index >= 15 is 0 Å². The zero-order chi connectivity index (χ0) is 14.1. The number of nitrogens with two attached hydrogens (primary N) is 1. The first-order chi connectivity index (χ1) is 9.70. The molecule has 1 saturated carbocycles. The van der Waals surface area contributed by atoms with Gasteiger partial charge in [-0.05, 0) is 61.9 Å². The van der Waals surface area contributed by atoms with Gasteiger partial charge in [0.2, 0.25) is 0 Å². The van der Waals surface area contributed by atoms with Crippen LogP contribution in [0.2, 0.25) is 5.02 Å². The highest BCUT2D eigenvalue weighted by molar-refractivity contribution is 6.30. The minimum absolute atomic E-state index is 0.361. The largest absolute Gasteiger partial charge is 0.329 e. The second-order valence-electron chi connectivity index (χ2n) is 6.39. The van der Waals surface area contributed by atoms with Crippen molar-refractivity contribution in [2.24, 2.45) is 11.7 Å². The summed E-state index contributed by atoms with van der Waals surface area (Å²) in [5.74, 6) is 0.908. The molecule has 2 aliphatic rings. The summed E-state index contributed by atoms with van der Waals surface area (Å²) in [4.78, 5) is 2.68. The van der Waals surface area contributed by atoms with Crippen LogP contribution in [0.15, 0.2) is 18.2 Å². The van der Waals surface area contributed by atoms with Gasteiger partial charge in [0, 0.05) is 23.7 Å². The fraction of sp³-hybridized carbons (Fsp3) is 0.647. The predicted octanol–water partition coefficient (Wildman–Crippen LogP) is 3.91. The van der Waals surface area contributed by atoms with Gasteiger partial charge in [-0.2, -0.15) is 0 Å². The molecule has 1 aliphatic carbocycles. The Balaban J connectivity index is 1.86. The van der Waals surface area contributed by atoms with E-state index in [1.165, 1.54) is 49.8 Å². The standard InChI is InChI=1S/C17H25ClN2/c1-12-10-14(18)6-7-15(12)17(11-19)20-9-8-13-4-2-3-5-16(13)20/h6-7,10,13,16-17H,2-5,8-9,11,19H2,1H3. The molecule has 0 radical (unpaired) electrons. The molecule has 1 aromatic carbocycles. The van der Waals surface area contributed by atoms with Crippen molar-refractivity contribution in [2.45, 2.75) is 51.1 Å². The number of aryl methyl sites for hydroxylation is 1. The highest BCUT2D eigenvalue weighted by atomic mass is 35.5. The molecule has 2 fully saturated rings. The Morgan fingerprint density at radius 2 is 2.10 bits per heavy atom. The zero-order valence-corrected chi connectivity index (χ0v) is 13.1. The monoisotopic (exact) mass is 292 g/mol. The van der Waals surface area contributed by atoms with E-state index in [0.717, 1.165) is 17.0 Å². The number of fused-ring (bicyclic) bond motifs is 1. The van der Waals surface area contributed by atoms with Crippen molar-refractivity contribution in [2.75, 3.05) is 13.1 Å². The molecule has 1 saturated heterocycles. The molecule has 1 aromatic rings. The van der Waals surface area contributed by atoms with Gasteiger partial charge in [0.05, 0.1) is 0 Å². The van der Waals surface area contributed by atoms with Gasteiger partial charge in [0.25, 0.3) is 0 Å². The number of likely N-dealkylation sites (tertiary alicyclic amines) is 1. The Morgan fingerprint density at radius 1 is 1.30 bits per heavy atom. The predicted molar refractivity (Wildman–Crippen MR) is 85.1 cm³/mol. The second-order valence-corrected chi connectivity index (χ2v) is 6.83. The molecular formula is C17H25ClN2. The molecule has 3 atom stereocenters. The highest BCUT2D eigenvalue weighted by Gasteiger charge is 2.39. The Morgan fingerprint density at radius 3 is 2.85 bits per heavy atom. The van der Waals surface area contributed by atoms with Crippen LogP contribution in [0.1, 0.15) is 49.3 Å². The summed E-state index contributed by atoms with van der Waals surface area (Å²) in [6.45, 7) is 4.06. The number of rotatable bonds is 3. The number of halogens is 1. The molecule has 3 unspecified atom stereocenters. The van der Waals surface area contributed by atoms with Crippen molar-refractivity contribution >= 4 is 11.6 Å². The minimum atomic E-state index is 0.361. The third-order valence-electron chi connectivity index (χ3n) is 5.27. The minimum Gasteiger partial charge on any atom is -0.329 e. The van der Waals surface area contributed by atoms with Crippen LogP contribution < -0.4 is 5.73 Å². The summed E-state index contributed by atoms with van der Waals surface area (Å²) in [6, 6.07) is 7.35. The van der Waals surface area contributed by atoms with E-state index in [2.05, 4.69) is 24.0 Å². The van der Waals surface area contributed by atoms with Gasteiger partial charge in [-0.3, -0.25) is 4.90 Å². The van der Waals surface area contributed by atoms with Crippen LogP contribution in [0.5, 0.6) is 0 Å². The van der Waals surface area contributed by atoms with E-state index in [4.69, 9.17) is 17.3 Å². The molecule has 0 aromatic heterocycles. The molecule has 3 rings (SSSR count). The smallest absolute Gasteiger partial charge is 0.0476 e. The first kappa shape index (κ1) is 14.4. The van der Waals surface area contributed by atoms with Gasteiger partial charge in [-0.25, -0.2) is 0 Å². The Kier molecular flexibility index (Phi) is 4.34. The maximum Gasteiger partial charge on any atom is 0.0476 e. The molecular weight excluding hydrogens is 268 g/mol. The summed E-state index contributed by atoms with van der Waals surface area (Å²) in [5.41, 5.74) is 8.77. The first-order valence-corrected chi connectivity index (χ1v) is 8.30. The summed E-state index contributed by atoms with van der Waals surface area (Å²) >= 11 is 6.09. The average molecular weight is 293 g/mol. The summed E-state index contributed by atoms with van der Waals surface area (Å²) in [7, 11) is 0. The Labute approximate surface area is 127 Å². The number of hydrogen-bond donors (Lipinski definition) is 1. The van der Waals surface area contributed by atoms with Crippen molar-refractivity contribution in [3.8, 4) is 0 Å². The second kappa shape index (κ2) is 6.05. The average Bonchev–Trinajstić information content (AvgIpc) is 2.86. The summed E-state index contributed by atoms with van der Waals surface area (Å²) in [5, 5.41) is 0.819. The third kappa shape index (κ3) is 2.61. The van der Waals surface area contributed by atoms with Crippen LogP contribution in [0.25, 0.3) is 0 Å². The quantitative estimate of drug-likeness (QED) is 0.915. The normalized spacial score (nSPS) is 28.4. The summed E-state index contributed by atoms with van der Waals surface area (Å²) < 4.78 is 0. The van der Waals surface area contributed by atoms with Gasteiger partial charge in [0.15, 0.2) is 0 Å². The molecule has 2 nitrogen and oxygen atoms in total. The first-order valence-electron chi connectivity index (χ1n) is 7.92. The Bertz CT molecular complexity index is 474. The fourth-order valence-electron chi connectivity index (χ4n) is 4.28. The van der Waals surface area contributed by atoms with Gasteiger partial charge in [0.1, 0.15) is 0 Å². The van der Waals surface area contributed by atoms with E-state index in [-0.39, 0.29) is 0 Å². The van der Waals surface area contributed by atoms with Crippen molar-refractivity contribution in [1.82, 2.24) is 4.90 Å². The van der Waals surface area contributed by atoms with Gasteiger partial charge in [-0.15, -0.1) is 0 Å². The Hall–Kier alpha value is -0.570. The van der Waals surface area contributed by atoms with Crippen LogP contribution in [0.4, 0.5) is 0 Å². The van der Waals surface area contributed by atoms with Crippen LogP contribution in [-0.2, 0) is 0 Å². The maximum atomic E-state index is 6.14. The SMILES string of the molecule is Cc1cc(Cl)ccc1C(CN)N1CCC2CCCCC21. The van der Waals surface area contributed by atoms with E-state index in [0.29, 0.717) is 12.6 Å². The molecule has 0 spiro atoms. The number of benzene rings is 1. The molecule has 20 heavy (non-hydrogen) atoms. The lowest BCUT2D eigenvalue weighted by Crippen LogP contribution is -2.40. The number of hydrogen-bond acceptors (Lipinski definition) is 2. The lowest BCUT2D eigenvalue weighted by Gasteiger charge is -2.37. The van der Waals surface area contributed by atoms with Crippen LogP contribution in [0.3, 0.4) is 0 Å². The van der Waals surface area contributed by atoms with E-state index in [9.17, 15) is 0 Å². The van der Waals surface area contributed by atoms with Crippen LogP contribution in [-0.4, -0.2) is 24.0 Å². The zero-order valence-electron chi connectivity index (χ0n) is 12.3.